The molecule has 0 aromatic rings. The van der Waals surface area contributed by atoms with Crippen molar-refractivity contribution in [3.05, 3.63) is 11.8 Å². The molecule has 33 heavy (non-hydrogen) atoms. The monoisotopic (exact) mass is 451 g/mol. The molecule has 0 aromatic carbocycles. The normalized spacial score (nSPS) is 42.9. The first-order valence-electron chi connectivity index (χ1n) is 15.8. The van der Waals surface area contributed by atoms with E-state index in [0.717, 1.165) is 47.0 Å². The van der Waals surface area contributed by atoms with Crippen molar-refractivity contribution in [1.29, 1.82) is 0 Å². The van der Waals surface area contributed by atoms with Gasteiger partial charge >= 0.3 is 0 Å². The van der Waals surface area contributed by atoms with Gasteiger partial charge < -0.3 is 4.90 Å². The summed E-state index contributed by atoms with van der Waals surface area (Å²) in [4.78, 5) is 2.84. The fraction of sp³-hybridized carbons (Fsp3) is 0.938. The highest BCUT2D eigenvalue weighted by atomic mass is 15.2. The van der Waals surface area contributed by atoms with Crippen LogP contribution in [0.2, 0.25) is 0 Å². The van der Waals surface area contributed by atoms with Gasteiger partial charge in [-0.2, -0.15) is 0 Å². The fourth-order valence-corrected chi connectivity index (χ4v) is 11.1. The third-order valence-corrected chi connectivity index (χ3v) is 12.4. The second kappa shape index (κ2) is 9.89. The van der Waals surface area contributed by atoms with E-state index in [-0.39, 0.29) is 0 Å². The molecule has 0 aromatic heterocycles. The van der Waals surface area contributed by atoms with Gasteiger partial charge in [-0.25, -0.2) is 0 Å². The van der Waals surface area contributed by atoms with Gasteiger partial charge in [0.2, 0.25) is 0 Å². The first-order chi connectivity index (χ1) is 16.3. The number of nitrogens with zero attached hydrogens (tertiary/aromatic N) is 1. The molecule has 5 atom stereocenters. The zero-order valence-corrected chi connectivity index (χ0v) is 21.9. The number of fused-ring (bicyclic) bond motifs is 5. The SMILES string of the molecule is CCN(C1=CCCCC1)C1CCC(C2CCC3C4CCCCC4C4(CCCCC4)C3C2)CC1. The number of hydrogen-bond donors (Lipinski definition) is 0. The van der Waals surface area contributed by atoms with Crippen LogP contribution in [-0.4, -0.2) is 17.5 Å². The molecular formula is C32H53N. The summed E-state index contributed by atoms with van der Waals surface area (Å²) in [6.07, 6.45) is 33.2. The average Bonchev–Trinajstić information content (AvgIpc) is 3.15. The smallest absolute Gasteiger partial charge is 0.0286 e. The summed E-state index contributed by atoms with van der Waals surface area (Å²) in [5.41, 5.74) is 2.51. The molecule has 0 heterocycles. The van der Waals surface area contributed by atoms with Crippen LogP contribution in [0.15, 0.2) is 11.8 Å². The van der Waals surface area contributed by atoms with E-state index in [1.807, 2.05) is 0 Å². The Kier molecular flexibility index (Phi) is 6.88. The molecular weight excluding hydrogens is 398 g/mol. The highest BCUT2D eigenvalue weighted by molar-refractivity contribution is 5.10. The van der Waals surface area contributed by atoms with E-state index in [4.69, 9.17) is 0 Å². The van der Waals surface area contributed by atoms with Gasteiger partial charge in [-0.15, -0.1) is 0 Å². The lowest BCUT2D eigenvalue weighted by atomic mass is 9.56. The zero-order chi connectivity index (χ0) is 22.3. The molecule has 0 amide bonds. The van der Waals surface area contributed by atoms with Crippen LogP contribution >= 0.6 is 0 Å². The van der Waals surface area contributed by atoms with Crippen molar-refractivity contribution in [2.75, 3.05) is 6.54 Å². The van der Waals surface area contributed by atoms with Crippen LogP contribution in [0, 0.1) is 40.9 Å². The quantitative estimate of drug-likeness (QED) is 0.412. The summed E-state index contributed by atoms with van der Waals surface area (Å²) < 4.78 is 0. The first kappa shape index (κ1) is 23.0. The predicted octanol–water partition coefficient (Wildman–Crippen LogP) is 9.13. The molecule has 0 saturated heterocycles. The summed E-state index contributed by atoms with van der Waals surface area (Å²) in [6, 6.07) is 0.853. The number of hydrogen-bond acceptors (Lipinski definition) is 1. The summed E-state index contributed by atoms with van der Waals surface area (Å²) >= 11 is 0. The standard InChI is InChI=1S/C32H53N/c1-2-33(26-11-5-3-6-12-26)27-18-15-24(16-19-27)25-17-20-29-28-13-7-8-14-30(28)32(31(29)23-25)21-9-4-10-22-32/h11,24-25,27-31H,2-10,12-23H2,1H3. The van der Waals surface area contributed by atoms with Crippen LogP contribution in [0.5, 0.6) is 0 Å². The minimum absolute atomic E-state index is 0.802. The van der Waals surface area contributed by atoms with E-state index in [1.165, 1.54) is 64.3 Å². The predicted molar refractivity (Wildman–Crippen MR) is 140 cm³/mol. The Morgan fingerprint density at radius 2 is 1.48 bits per heavy atom. The molecule has 0 aliphatic heterocycles. The van der Waals surface area contributed by atoms with E-state index in [1.54, 1.807) is 76.3 Å². The lowest BCUT2D eigenvalue weighted by molar-refractivity contribution is 0.0100. The second-order valence-electron chi connectivity index (χ2n) is 13.5. The van der Waals surface area contributed by atoms with Crippen molar-refractivity contribution in [1.82, 2.24) is 4.90 Å². The van der Waals surface area contributed by atoms with E-state index in [9.17, 15) is 0 Å². The van der Waals surface area contributed by atoms with Crippen molar-refractivity contribution in [2.45, 2.75) is 141 Å². The molecule has 6 aliphatic rings. The Bertz CT molecular complexity index is 679. The highest BCUT2D eigenvalue weighted by Gasteiger charge is 2.60. The Morgan fingerprint density at radius 3 is 2.24 bits per heavy atom. The molecule has 186 valence electrons. The Balaban J connectivity index is 1.12. The van der Waals surface area contributed by atoms with Crippen molar-refractivity contribution < 1.29 is 0 Å². The molecule has 0 radical (unpaired) electrons. The van der Waals surface area contributed by atoms with E-state index in [2.05, 4.69) is 17.9 Å². The Morgan fingerprint density at radius 1 is 0.727 bits per heavy atom. The molecule has 0 N–H and O–H groups in total. The minimum Gasteiger partial charge on any atom is -0.372 e. The maximum atomic E-state index is 2.84. The molecule has 1 nitrogen and oxygen atoms in total. The van der Waals surface area contributed by atoms with Gasteiger partial charge in [0.15, 0.2) is 0 Å². The average molecular weight is 452 g/mol. The van der Waals surface area contributed by atoms with Crippen LogP contribution in [0.4, 0.5) is 0 Å². The van der Waals surface area contributed by atoms with E-state index >= 15 is 0 Å². The van der Waals surface area contributed by atoms with Crippen molar-refractivity contribution >= 4 is 0 Å². The van der Waals surface area contributed by atoms with Crippen LogP contribution < -0.4 is 0 Å². The third kappa shape index (κ3) is 4.14. The van der Waals surface area contributed by atoms with Gasteiger partial charge in [0.1, 0.15) is 0 Å². The Labute approximate surface area is 205 Å². The molecule has 0 bridgehead atoms. The molecule has 5 fully saturated rings. The lowest BCUT2D eigenvalue weighted by Gasteiger charge is -2.49. The lowest BCUT2D eigenvalue weighted by Crippen LogP contribution is -2.41. The zero-order valence-electron chi connectivity index (χ0n) is 21.9. The summed E-state index contributed by atoms with van der Waals surface area (Å²) in [5, 5.41) is 0. The number of rotatable bonds is 4. The third-order valence-electron chi connectivity index (χ3n) is 12.4. The maximum Gasteiger partial charge on any atom is 0.0286 e. The van der Waals surface area contributed by atoms with Gasteiger partial charge in [0.05, 0.1) is 0 Å². The highest BCUT2D eigenvalue weighted by Crippen LogP contribution is 2.68. The van der Waals surface area contributed by atoms with Crippen LogP contribution in [0.3, 0.4) is 0 Å². The van der Waals surface area contributed by atoms with Crippen molar-refractivity contribution in [2.24, 2.45) is 40.9 Å². The van der Waals surface area contributed by atoms with Crippen molar-refractivity contribution in [3.8, 4) is 0 Å². The van der Waals surface area contributed by atoms with Gasteiger partial charge in [-0.05, 0) is 144 Å². The molecule has 5 saturated carbocycles. The van der Waals surface area contributed by atoms with Gasteiger partial charge in [0, 0.05) is 18.3 Å². The van der Waals surface area contributed by atoms with Gasteiger partial charge in [0.25, 0.3) is 0 Å². The first-order valence-corrected chi connectivity index (χ1v) is 15.8. The fourth-order valence-electron chi connectivity index (χ4n) is 11.1. The molecule has 1 spiro atoms. The molecule has 6 aliphatic carbocycles. The summed E-state index contributed by atoms with van der Waals surface area (Å²) in [6.45, 7) is 3.64. The molecule has 1 heteroatoms. The van der Waals surface area contributed by atoms with Crippen molar-refractivity contribution in [3.63, 3.8) is 0 Å². The largest absolute Gasteiger partial charge is 0.372 e. The van der Waals surface area contributed by atoms with Crippen LogP contribution in [-0.2, 0) is 0 Å². The topological polar surface area (TPSA) is 3.24 Å². The minimum atomic E-state index is 0.802. The van der Waals surface area contributed by atoms with Crippen LogP contribution in [0.25, 0.3) is 0 Å². The van der Waals surface area contributed by atoms with E-state index in [0.29, 0.717) is 0 Å². The van der Waals surface area contributed by atoms with E-state index < -0.39 is 0 Å². The van der Waals surface area contributed by atoms with Gasteiger partial charge in [-0.1, -0.05) is 38.2 Å². The van der Waals surface area contributed by atoms with Gasteiger partial charge in [-0.3, -0.25) is 0 Å². The summed E-state index contributed by atoms with van der Waals surface area (Å²) in [5.74, 6) is 6.68. The maximum absolute atomic E-state index is 2.84. The van der Waals surface area contributed by atoms with Crippen LogP contribution in [0.1, 0.15) is 135 Å². The molecule has 5 unspecified atom stereocenters. The number of allylic oxidation sites excluding steroid dienone is 2. The second-order valence-corrected chi connectivity index (χ2v) is 13.5. The Hall–Kier alpha value is -0.460. The molecule has 6 rings (SSSR count). The summed E-state index contributed by atoms with van der Waals surface area (Å²) in [7, 11) is 0.